The molecule has 1 aliphatic carbocycles. The molecule has 4 nitrogen and oxygen atoms in total. The van der Waals surface area contributed by atoms with Crippen molar-refractivity contribution in [2.75, 3.05) is 6.54 Å². The summed E-state index contributed by atoms with van der Waals surface area (Å²) in [5.74, 6) is 0.530. The number of nitrogens with one attached hydrogen (secondary N) is 1. The van der Waals surface area contributed by atoms with Gasteiger partial charge in [-0.1, -0.05) is 51.5 Å². The maximum atomic E-state index is 12.4. The third-order valence-corrected chi connectivity index (χ3v) is 5.38. The Kier molecular flexibility index (Phi) is 4.74. The minimum absolute atomic E-state index is 0.0620. The molecule has 1 saturated carbocycles. The van der Waals surface area contributed by atoms with Crippen molar-refractivity contribution >= 4 is 5.91 Å². The Morgan fingerprint density at radius 1 is 1.24 bits per heavy atom. The number of nitrogens with two attached hydrogens (primary N) is 1. The number of hydrogen-bond donors (Lipinski definition) is 2. The maximum absolute atomic E-state index is 12.4. The predicted octanol–water partition coefficient (Wildman–Crippen LogP) is 3.89. The number of amides is 1. The van der Waals surface area contributed by atoms with Crippen LogP contribution in [-0.2, 0) is 17.4 Å². The molecule has 0 aliphatic heterocycles. The summed E-state index contributed by atoms with van der Waals surface area (Å²) in [6, 6.07) is 10.6. The first kappa shape index (κ1) is 17.7. The zero-order chi connectivity index (χ0) is 18.1. The van der Waals surface area contributed by atoms with Gasteiger partial charge in [0.15, 0.2) is 0 Å². The minimum atomic E-state index is -0.0963. The highest BCUT2D eigenvalue weighted by Crippen LogP contribution is 2.43. The Labute approximate surface area is 149 Å². The lowest BCUT2D eigenvalue weighted by Gasteiger charge is -2.43. The average Bonchev–Trinajstić information content (AvgIpc) is 3.02. The van der Waals surface area contributed by atoms with E-state index in [0.717, 1.165) is 12.8 Å². The van der Waals surface area contributed by atoms with E-state index in [0.29, 0.717) is 24.4 Å². The molecular formula is C21H28N2O2. The largest absolute Gasteiger partial charge is 0.467 e. The normalized spacial score (nSPS) is 16.3. The molecular weight excluding hydrogens is 312 g/mol. The molecule has 0 saturated heterocycles. The predicted molar refractivity (Wildman–Crippen MR) is 99.6 cm³/mol. The van der Waals surface area contributed by atoms with Crippen molar-refractivity contribution < 1.29 is 9.21 Å². The molecule has 25 heavy (non-hydrogen) atoms. The van der Waals surface area contributed by atoms with Gasteiger partial charge in [0.05, 0.1) is 12.1 Å². The first-order valence-corrected chi connectivity index (χ1v) is 9.01. The standard InChI is InChI=1S/C21H28N2O2/c1-20(2,3)16-5-7-17(8-6-16)21(9-4-10-21)14-23-19(24)15-11-18(12-22)25-13-15/h5-8,11,13H,4,9-10,12,14,22H2,1-3H3,(H,23,24). The number of furan rings is 1. The van der Waals surface area contributed by atoms with Crippen LogP contribution in [0.1, 0.15) is 67.3 Å². The van der Waals surface area contributed by atoms with E-state index in [1.807, 2.05) is 0 Å². The summed E-state index contributed by atoms with van der Waals surface area (Å²) < 4.78 is 5.25. The Balaban J connectivity index is 1.70. The molecule has 1 aromatic carbocycles. The van der Waals surface area contributed by atoms with Gasteiger partial charge in [-0.25, -0.2) is 0 Å². The van der Waals surface area contributed by atoms with Gasteiger partial charge in [-0.15, -0.1) is 0 Å². The second-order valence-corrected chi connectivity index (χ2v) is 8.15. The maximum Gasteiger partial charge on any atom is 0.254 e. The lowest BCUT2D eigenvalue weighted by molar-refractivity contribution is 0.0927. The van der Waals surface area contributed by atoms with Crippen LogP contribution in [0.3, 0.4) is 0 Å². The van der Waals surface area contributed by atoms with E-state index in [2.05, 4.69) is 50.4 Å². The summed E-state index contributed by atoms with van der Waals surface area (Å²) in [5.41, 5.74) is 8.94. The molecule has 4 heteroatoms. The van der Waals surface area contributed by atoms with Gasteiger partial charge in [0.2, 0.25) is 0 Å². The van der Waals surface area contributed by atoms with Gasteiger partial charge < -0.3 is 15.5 Å². The van der Waals surface area contributed by atoms with E-state index in [9.17, 15) is 4.79 Å². The van der Waals surface area contributed by atoms with Gasteiger partial charge >= 0.3 is 0 Å². The summed E-state index contributed by atoms with van der Waals surface area (Å²) in [5, 5.41) is 3.08. The fourth-order valence-electron chi connectivity index (χ4n) is 3.45. The van der Waals surface area contributed by atoms with E-state index in [4.69, 9.17) is 10.2 Å². The van der Waals surface area contributed by atoms with Crippen molar-refractivity contribution in [1.29, 1.82) is 0 Å². The smallest absolute Gasteiger partial charge is 0.254 e. The second-order valence-electron chi connectivity index (χ2n) is 8.15. The zero-order valence-electron chi connectivity index (χ0n) is 15.4. The Bertz CT molecular complexity index is 734. The summed E-state index contributed by atoms with van der Waals surface area (Å²) in [4.78, 5) is 12.4. The van der Waals surface area contributed by atoms with Crippen LogP contribution in [-0.4, -0.2) is 12.5 Å². The summed E-state index contributed by atoms with van der Waals surface area (Å²) >= 11 is 0. The Morgan fingerprint density at radius 2 is 1.92 bits per heavy atom. The molecule has 0 radical (unpaired) electrons. The summed E-state index contributed by atoms with van der Waals surface area (Å²) in [7, 11) is 0. The molecule has 2 aromatic rings. The van der Waals surface area contributed by atoms with Crippen LogP contribution in [0.2, 0.25) is 0 Å². The van der Waals surface area contributed by atoms with Crippen molar-refractivity contribution in [3.63, 3.8) is 0 Å². The Morgan fingerprint density at radius 3 is 2.40 bits per heavy atom. The van der Waals surface area contributed by atoms with E-state index in [1.165, 1.54) is 23.8 Å². The van der Waals surface area contributed by atoms with Crippen LogP contribution in [0.4, 0.5) is 0 Å². The Hall–Kier alpha value is -2.07. The highest BCUT2D eigenvalue weighted by atomic mass is 16.3. The molecule has 1 aliphatic rings. The topological polar surface area (TPSA) is 68.3 Å². The average molecular weight is 340 g/mol. The molecule has 1 heterocycles. The molecule has 1 aromatic heterocycles. The molecule has 3 N–H and O–H groups in total. The summed E-state index contributed by atoms with van der Waals surface area (Å²) in [6.07, 6.45) is 4.91. The van der Waals surface area contributed by atoms with E-state index >= 15 is 0 Å². The van der Waals surface area contributed by atoms with Crippen molar-refractivity contribution in [3.05, 3.63) is 59.0 Å². The van der Waals surface area contributed by atoms with Crippen LogP contribution >= 0.6 is 0 Å². The fraction of sp³-hybridized carbons (Fsp3) is 0.476. The summed E-state index contributed by atoms with van der Waals surface area (Å²) in [6.45, 7) is 7.63. The first-order valence-electron chi connectivity index (χ1n) is 9.01. The lowest BCUT2D eigenvalue weighted by Crippen LogP contribution is -2.45. The molecule has 0 unspecified atom stereocenters. The third kappa shape index (κ3) is 3.64. The van der Waals surface area contributed by atoms with E-state index in [1.54, 1.807) is 6.07 Å². The second kappa shape index (κ2) is 6.68. The van der Waals surface area contributed by atoms with Gasteiger partial charge in [-0.05, 0) is 35.4 Å². The quantitative estimate of drug-likeness (QED) is 0.868. The van der Waals surface area contributed by atoms with Crippen LogP contribution < -0.4 is 11.1 Å². The molecule has 1 amide bonds. The number of carbonyl (C=O) groups excluding carboxylic acids is 1. The highest BCUT2D eigenvalue weighted by molar-refractivity contribution is 5.94. The zero-order valence-corrected chi connectivity index (χ0v) is 15.4. The minimum Gasteiger partial charge on any atom is -0.467 e. The van der Waals surface area contributed by atoms with Crippen molar-refractivity contribution in [1.82, 2.24) is 5.32 Å². The number of carbonyl (C=O) groups is 1. The van der Waals surface area contributed by atoms with E-state index in [-0.39, 0.29) is 16.7 Å². The van der Waals surface area contributed by atoms with Crippen molar-refractivity contribution in [3.8, 4) is 0 Å². The monoisotopic (exact) mass is 340 g/mol. The highest BCUT2D eigenvalue weighted by Gasteiger charge is 2.39. The third-order valence-electron chi connectivity index (χ3n) is 5.38. The van der Waals surface area contributed by atoms with Crippen molar-refractivity contribution in [2.45, 2.75) is 57.4 Å². The molecule has 134 valence electrons. The lowest BCUT2D eigenvalue weighted by atomic mass is 9.64. The van der Waals surface area contributed by atoms with Crippen LogP contribution in [0.25, 0.3) is 0 Å². The van der Waals surface area contributed by atoms with Crippen LogP contribution in [0, 0.1) is 0 Å². The van der Waals surface area contributed by atoms with E-state index < -0.39 is 0 Å². The molecule has 3 rings (SSSR count). The first-order chi connectivity index (χ1) is 11.8. The SMILES string of the molecule is CC(C)(C)c1ccc(C2(CNC(=O)c3coc(CN)c3)CCC2)cc1. The van der Waals surface area contributed by atoms with Gasteiger partial charge in [-0.2, -0.15) is 0 Å². The van der Waals surface area contributed by atoms with Crippen molar-refractivity contribution in [2.24, 2.45) is 5.73 Å². The molecule has 0 bridgehead atoms. The molecule has 0 atom stereocenters. The molecule has 1 fully saturated rings. The van der Waals surface area contributed by atoms with Gasteiger partial charge in [0.25, 0.3) is 5.91 Å². The number of rotatable bonds is 5. The fourth-order valence-corrected chi connectivity index (χ4v) is 3.45. The van der Waals surface area contributed by atoms with Gasteiger partial charge in [0.1, 0.15) is 12.0 Å². The molecule has 0 spiro atoms. The van der Waals surface area contributed by atoms with Crippen LogP contribution in [0.5, 0.6) is 0 Å². The van der Waals surface area contributed by atoms with Crippen LogP contribution in [0.15, 0.2) is 41.0 Å². The van der Waals surface area contributed by atoms with Gasteiger partial charge in [0, 0.05) is 12.0 Å². The van der Waals surface area contributed by atoms with Gasteiger partial charge in [-0.3, -0.25) is 4.79 Å². The number of benzene rings is 1. The number of hydrogen-bond acceptors (Lipinski definition) is 3.